The molecule has 1 atom stereocenters. The maximum Gasteiger partial charge on any atom is 0.266 e. The fourth-order valence-electron chi connectivity index (χ4n) is 3.11. The fourth-order valence-corrected chi connectivity index (χ4v) is 3.11. The first-order valence-electron chi connectivity index (χ1n) is 8.31. The summed E-state index contributed by atoms with van der Waals surface area (Å²) in [6.07, 6.45) is 0.803. The molecule has 7 heteroatoms. The summed E-state index contributed by atoms with van der Waals surface area (Å²) in [6, 6.07) is 11.4. The maximum absolute atomic E-state index is 11.8. The lowest BCUT2D eigenvalue weighted by molar-refractivity contribution is 0.179. The van der Waals surface area contributed by atoms with E-state index < -0.39 is 0 Å². The Morgan fingerprint density at radius 2 is 2.04 bits per heavy atom. The SMILES string of the molecule is CC(c1noc(-c2ccccc2)n1)N1CCc2nn(C)c(=O)cc2C1. The minimum Gasteiger partial charge on any atom is -0.334 e. The molecule has 0 fully saturated rings. The van der Waals surface area contributed by atoms with Crippen molar-refractivity contribution in [1.82, 2.24) is 24.8 Å². The molecule has 0 amide bonds. The Bertz CT molecular complexity index is 948. The summed E-state index contributed by atoms with van der Waals surface area (Å²) in [4.78, 5) is 18.6. The second kappa shape index (κ2) is 6.25. The van der Waals surface area contributed by atoms with Crippen molar-refractivity contribution < 1.29 is 4.52 Å². The van der Waals surface area contributed by atoms with Crippen LogP contribution in [0.1, 0.15) is 30.0 Å². The highest BCUT2D eigenvalue weighted by Gasteiger charge is 2.26. The number of aryl methyl sites for hydroxylation is 1. The summed E-state index contributed by atoms with van der Waals surface area (Å²) in [5, 5.41) is 8.50. The topological polar surface area (TPSA) is 77.1 Å². The molecule has 0 saturated carbocycles. The normalized spacial score (nSPS) is 15.8. The lowest BCUT2D eigenvalue weighted by Gasteiger charge is -2.31. The first-order chi connectivity index (χ1) is 12.1. The van der Waals surface area contributed by atoms with Crippen molar-refractivity contribution in [1.29, 1.82) is 0 Å². The molecule has 3 aromatic rings. The molecule has 25 heavy (non-hydrogen) atoms. The monoisotopic (exact) mass is 337 g/mol. The van der Waals surface area contributed by atoms with Gasteiger partial charge in [-0.2, -0.15) is 10.1 Å². The van der Waals surface area contributed by atoms with Crippen LogP contribution in [0.2, 0.25) is 0 Å². The lowest BCUT2D eigenvalue weighted by atomic mass is 10.0. The summed E-state index contributed by atoms with van der Waals surface area (Å²) in [5.41, 5.74) is 2.79. The molecule has 0 spiro atoms. The van der Waals surface area contributed by atoms with Crippen molar-refractivity contribution in [3.63, 3.8) is 0 Å². The van der Waals surface area contributed by atoms with Crippen molar-refractivity contribution >= 4 is 0 Å². The van der Waals surface area contributed by atoms with Crippen molar-refractivity contribution in [3.8, 4) is 11.5 Å². The molecular formula is C18H19N5O2. The number of rotatable bonds is 3. The van der Waals surface area contributed by atoms with E-state index in [-0.39, 0.29) is 11.6 Å². The van der Waals surface area contributed by atoms with Gasteiger partial charge in [-0.1, -0.05) is 23.4 Å². The van der Waals surface area contributed by atoms with Crippen molar-refractivity contribution in [2.24, 2.45) is 7.05 Å². The summed E-state index contributed by atoms with van der Waals surface area (Å²) in [7, 11) is 1.68. The zero-order valence-corrected chi connectivity index (χ0v) is 14.2. The van der Waals surface area contributed by atoms with Gasteiger partial charge >= 0.3 is 0 Å². The third-order valence-corrected chi connectivity index (χ3v) is 4.65. The predicted molar refractivity (Wildman–Crippen MR) is 91.7 cm³/mol. The number of benzene rings is 1. The van der Waals surface area contributed by atoms with Crippen LogP contribution < -0.4 is 5.56 Å². The van der Waals surface area contributed by atoms with Gasteiger partial charge in [-0.05, 0) is 24.6 Å². The zero-order valence-electron chi connectivity index (χ0n) is 14.2. The maximum atomic E-state index is 11.8. The third kappa shape index (κ3) is 2.98. The first-order valence-corrected chi connectivity index (χ1v) is 8.31. The Labute approximate surface area is 144 Å². The van der Waals surface area contributed by atoms with Crippen LogP contribution in [0.15, 0.2) is 45.7 Å². The number of nitrogens with zero attached hydrogens (tertiary/aromatic N) is 5. The van der Waals surface area contributed by atoms with Crippen LogP contribution in [0.5, 0.6) is 0 Å². The minimum absolute atomic E-state index is 0.00146. The molecule has 1 aromatic carbocycles. The van der Waals surface area contributed by atoms with E-state index in [2.05, 4.69) is 27.1 Å². The van der Waals surface area contributed by atoms with E-state index in [1.54, 1.807) is 13.1 Å². The molecule has 0 radical (unpaired) electrons. The molecule has 3 heterocycles. The number of fused-ring (bicyclic) bond motifs is 1. The van der Waals surface area contributed by atoms with Gasteiger partial charge in [0.25, 0.3) is 11.4 Å². The van der Waals surface area contributed by atoms with Gasteiger partial charge in [0, 0.05) is 38.2 Å². The Hall–Kier alpha value is -2.80. The molecule has 7 nitrogen and oxygen atoms in total. The molecule has 4 rings (SSSR count). The Kier molecular flexibility index (Phi) is 3.93. The van der Waals surface area contributed by atoms with Crippen LogP contribution in [-0.2, 0) is 20.0 Å². The molecule has 128 valence electrons. The summed E-state index contributed by atoms with van der Waals surface area (Å²) in [5.74, 6) is 1.18. The van der Waals surface area contributed by atoms with Gasteiger partial charge in [0.1, 0.15) is 0 Å². The van der Waals surface area contributed by atoms with Gasteiger partial charge in [-0.3, -0.25) is 9.69 Å². The molecule has 1 aliphatic heterocycles. The van der Waals surface area contributed by atoms with Gasteiger partial charge in [0.15, 0.2) is 5.82 Å². The highest BCUT2D eigenvalue weighted by atomic mass is 16.5. The molecule has 2 aromatic heterocycles. The number of hydrogen-bond acceptors (Lipinski definition) is 6. The van der Waals surface area contributed by atoms with Gasteiger partial charge in [0.2, 0.25) is 0 Å². The van der Waals surface area contributed by atoms with Crippen molar-refractivity contribution in [2.75, 3.05) is 6.54 Å². The number of aromatic nitrogens is 4. The predicted octanol–water partition coefficient (Wildman–Crippen LogP) is 1.95. The Morgan fingerprint density at radius 1 is 1.24 bits per heavy atom. The van der Waals surface area contributed by atoms with Gasteiger partial charge in [0.05, 0.1) is 11.7 Å². The molecule has 0 N–H and O–H groups in total. The van der Waals surface area contributed by atoms with Crippen LogP contribution in [0.25, 0.3) is 11.5 Å². The molecule has 1 unspecified atom stereocenters. The highest BCUT2D eigenvalue weighted by molar-refractivity contribution is 5.52. The smallest absolute Gasteiger partial charge is 0.266 e. The van der Waals surface area contributed by atoms with Crippen LogP contribution in [-0.4, -0.2) is 31.4 Å². The average molecular weight is 337 g/mol. The molecule has 1 aliphatic rings. The first kappa shape index (κ1) is 15.7. The van der Waals surface area contributed by atoms with E-state index in [4.69, 9.17) is 4.52 Å². The standard InChI is InChI=1S/C18H19N5O2/c1-12(17-19-18(25-21-17)13-6-4-3-5-7-13)23-9-8-15-14(11-23)10-16(24)22(2)20-15/h3-7,10,12H,8-9,11H2,1-2H3. The molecule has 0 bridgehead atoms. The van der Waals surface area contributed by atoms with Crippen LogP contribution in [0.3, 0.4) is 0 Å². The second-order valence-electron chi connectivity index (χ2n) is 6.30. The lowest BCUT2D eigenvalue weighted by Crippen LogP contribution is -2.36. The van der Waals surface area contributed by atoms with Gasteiger partial charge in [-0.15, -0.1) is 0 Å². The minimum atomic E-state index is -0.0841. The quantitative estimate of drug-likeness (QED) is 0.727. The van der Waals surface area contributed by atoms with Gasteiger partial charge in [-0.25, -0.2) is 4.68 Å². The largest absolute Gasteiger partial charge is 0.334 e. The molecule has 0 aliphatic carbocycles. The summed E-state index contributed by atoms with van der Waals surface area (Å²) < 4.78 is 6.81. The van der Waals surface area contributed by atoms with E-state index in [0.717, 1.165) is 29.8 Å². The van der Waals surface area contributed by atoms with Crippen molar-refractivity contribution in [3.05, 3.63) is 63.8 Å². The third-order valence-electron chi connectivity index (χ3n) is 4.65. The van der Waals surface area contributed by atoms with Crippen LogP contribution >= 0.6 is 0 Å². The summed E-state index contributed by atoms with van der Waals surface area (Å²) in [6.45, 7) is 3.56. The highest BCUT2D eigenvalue weighted by Crippen LogP contribution is 2.26. The van der Waals surface area contributed by atoms with E-state index in [9.17, 15) is 4.79 Å². The van der Waals surface area contributed by atoms with Crippen LogP contribution in [0.4, 0.5) is 0 Å². The number of hydrogen-bond donors (Lipinski definition) is 0. The van der Waals surface area contributed by atoms with Crippen molar-refractivity contribution in [2.45, 2.75) is 25.9 Å². The zero-order chi connectivity index (χ0) is 17.4. The molecular weight excluding hydrogens is 318 g/mol. The molecule has 0 saturated heterocycles. The van der Waals surface area contributed by atoms with Gasteiger partial charge < -0.3 is 4.52 Å². The van der Waals surface area contributed by atoms with E-state index >= 15 is 0 Å². The average Bonchev–Trinajstić information content (AvgIpc) is 3.12. The van der Waals surface area contributed by atoms with E-state index in [1.165, 1.54) is 4.68 Å². The van der Waals surface area contributed by atoms with E-state index in [0.29, 0.717) is 18.3 Å². The van der Waals surface area contributed by atoms with Crippen LogP contribution in [0, 0.1) is 0 Å². The van der Waals surface area contributed by atoms with E-state index in [1.807, 2.05) is 30.3 Å². The second-order valence-corrected chi connectivity index (χ2v) is 6.30. The Morgan fingerprint density at radius 3 is 2.84 bits per heavy atom. The fraction of sp³-hybridized carbons (Fsp3) is 0.333. The Balaban J connectivity index is 1.56. The summed E-state index contributed by atoms with van der Waals surface area (Å²) >= 11 is 0.